The van der Waals surface area contributed by atoms with Crippen LogP contribution in [0.2, 0.25) is 0 Å². The Bertz CT molecular complexity index is 2560. The van der Waals surface area contributed by atoms with Gasteiger partial charge in [-0.3, -0.25) is 9.59 Å². The number of nitrogens with zero attached hydrogens (tertiary/aromatic N) is 4. The number of halogens is 10. The first kappa shape index (κ1) is 33.9. The SMILES string of the molecule is O=C(c1ncc(-c2nc3cc4cc5sc(-c6cnc(C(=O)c7c(F)c(F)c(F)c(F)c7F)s6)nc5cc4cc3s2)s1)c1c(F)c(F)c(F)c(F)c1F. The summed E-state index contributed by atoms with van der Waals surface area (Å²) in [7, 11) is 0. The fourth-order valence-corrected chi connectivity index (χ4v) is 8.88. The highest BCUT2D eigenvalue weighted by molar-refractivity contribution is 7.26. The number of rotatable bonds is 6. The lowest BCUT2D eigenvalue weighted by Gasteiger charge is -2.05. The summed E-state index contributed by atoms with van der Waals surface area (Å²) in [4.78, 5) is 42.8. The first-order chi connectivity index (χ1) is 24.7. The fourth-order valence-electron chi connectivity index (χ4n) is 5.08. The molecule has 4 aromatic heterocycles. The molecule has 0 saturated carbocycles. The summed E-state index contributed by atoms with van der Waals surface area (Å²) in [5, 5.41) is 1.07. The number of benzene rings is 4. The Balaban J connectivity index is 1.09. The molecule has 0 amide bonds. The van der Waals surface area contributed by atoms with Crippen LogP contribution in [0.3, 0.4) is 0 Å². The van der Waals surface area contributed by atoms with Gasteiger partial charge < -0.3 is 0 Å². The van der Waals surface area contributed by atoms with Crippen molar-refractivity contribution in [3.05, 3.63) is 116 Å². The number of ketones is 2. The molecule has 0 aliphatic heterocycles. The standard InChI is InChI=1S/C32H6F10N4O2S4/c33-17-15(18(34)22(38)25(41)21(17)37)27(47)31-43-5-13(51-31)29-45-9-1-7-3-12-10(2-8(7)4-11(9)49-29)46-30(50-12)14-6-44-32(52-14)28(48)16-19(35)23(39)26(42)24(40)20(16)36/h1-6H. The van der Waals surface area contributed by atoms with Crippen LogP contribution in [-0.2, 0) is 0 Å². The van der Waals surface area contributed by atoms with Gasteiger partial charge in [0, 0.05) is 12.4 Å². The third-order valence-corrected chi connectivity index (χ3v) is 11.9. The maximum atomic E-state index is 14.2. The summed E-state index contributed by atoms with van der Waals surface area (Å²) < 4.78 is 140. The number of fused-ring (bicyclic) bond motifs is 3. The van der Waals surface area contributed by atoms with Crippen molar-refractivity contribution in [2.75, 3.05) is 0 Å². The van der Waals surface area contributed by atoms with E-state index < -0.39 is 90.9 Å². The molecule has 0 N–H and O–H groups in total. The number of carbonyl (C=O) groups excluding carboxylic acids is 2. The fraction of sp³-hybridized carbons (Fsp3) is 0. The lowest BCUT2D eigenvalue weighted by atomic mass is 10.1. The Hall–Kier alpha value is -5.18. The molecular weight excluding hydrogens is 791 g/mol. The van der Waals surface area contributed by atoms with E-state index in [0.29, 0.717) is 63.9 Å². The second-order valence-electron chi connectivity index (χ2n) is 10.6. The van der Waals surface area contributed by atoms with E-state index in [1.54, 1.807) is 24.3 Å². The van der Waals surface area contributed by atoms with Crippen molar-refractivity contribution in [2.24, 2.45) is 0 Å². The van der Waals surface area contributed by atoms with Crippen LogP contribution in [0.25, 0.3) is 51.0 Å². The quantitative estimate of drug-likeness (QED) is 0.0721. The average molecular weight is 797 g/mol. The van der Waals surface area contributed by atoms with Gasteiger partial charge in [0.1, 0.15) is 21.1 Å². The molecule has 20 heteroatoms. The molecule has 0 aliphatic rings. The lowest BCUT2D eigenvalue weighted by molar-refractivity contribution is 0.101. The molecule has 4 heterocycles. The molecule has 0 radical (unpaired) electrons. The Morgan fingerprint density at radius 2 is 0.769 bits per heavy atom. The number of carbonyl (C=O) groups is 2. The van der Waals surface area contributed by atoms with E-state index >= 15 is 0 Å². The average Bonchev–Trinajstić information content (AvgIpc) is 3.95. The molecule has 52 heavy (non-hydrogen) atoms. The Kier molecular flexibility index (Phi) is 7.97. The summed E-state index contributed by atoms with van der Waals surface area (Å²) in [6, 6.07) is 7.08. The molecule has 4 aromatic carbocycles. The molecule has 0 atom stereocenters. The first-order valence-corrected chi connectivity index (χ1v) is 17.2. The van der Waals surface area contributed by atoms with Gasteiger partial charge in [0.25, 0.3) is 0 Å². The van der Waals surface area contributed by atoms with Gasteiger partial charge in [-0.25, -0.2) is 63.8 Å². The van der Waals surface area contributed by atoms with Crippen LogP contribution < -0.4 is 0 Å². The van der Waals surface area contributed by atoms with Gasteiger partial charge in [-0.2, -0.15) is 0 Å². The summed E-state index contributed by atoms with van der Waals surface area (Å²) in [6.07, 6.45) is 2.37. The molecule has 260 valence electrons. The molecule has 0 spiro atoms. The normalized spacial score (nSPS) is 11.8. The van der Waals surface area contributed by atoms with Crippen LogP contribution in [0.5, 0.6) is 0 Å². The second-order valence-corrected chi connectivity index (χ2v) is 14.8. The highest BCUT2D eigenvalue weighted by Gasteiger charge is 2.33. The molecule has 8 aromatic rings. The minimum Gasteiger partial charge on any atom is -0.286 e. The van der Waals surface area contributed by atoms with Crippen molar-refractivity contribution < 1.29 is 53.5 Å². The van der Waals surface area contributed by atoms with Gasteiger partial charge in [-0.1, -0.05) is 0 Å². The number of thiazole rings is 4. The molecule has 0 bridgehead atoms. The van der Waals surface area contributed by atoms with Gasteiger partial charge in [0.05, 0.1) is 30.2 Å². The van der Waals surface area contributed by atoms with E-state index in [0.717, 1.165) is 0 Å². The Morgan fingerprint density at radius 3 is 1.12 bits per heavy atom. The van der Waals surface area contributed by atoms with Crippen molar-refractivity contribution in [3.63, 3.8) is 0 Å². The van der Waals surface area contributed by atoms with Crippen LogP contribution in [0.15, 0.2) is 36.7 Å². The second kappa shape index (κ2) is 12.2. The zero-order valence-corrected chi connectivity index (χ0v) is 27.7. The zero-order valence-electron chi connectivity index (χ0n) is 24.5. The van der Waals surface area contributed by atoms with Crippen LogP contribution in [-0.4, -0.2) is 31.5 Å². The van der Waals surface area contributed by atoms with Gasteiger partial charge in [0.15, 0.2) is 56.6 Å². The highest BCUT2D eigenvalue weighted by Crippen LogP contribution is 2.40. The van der Waals surface area contributed by atoms with Crippen molar-refractivity contribution in [1.82, 2.24) is 19.9 Å². The maximum Gasteiger partial charge on any atom is 0.227 e. The van der Waals surface area contributed by atoms with Crippen LogP contribution in [0.1, 0.15) is 30.7 Å². The predicted molar refractivity (Wildman–Crippen MR) is 172 cm³/mol. The van der Waals surface area contributed by atoms with E-state index in [9.17, 15) is 53.5 Å². The summed E-state index contributed by atoms with van der Waals surface area (Å²) in [5.74, 6) is -25.9. The third kappa shape index (κ3) is 5.19. The maximum absolute atomic E-state index is 14.2. The molecule has 0 aliphatic carbocycles. The Labute approximate surface area is 296 Å². The van der Waals surface area contributed by atoms with E-state index in [4.69, 9.17) is 0 Å². The van der Waals surface area contributed by atoms with Crippen LogP contribution >= 0.6 is 45.3 Å². The summed E-state index contributed by atoms with van der Waals surface area (Å²) in [5.41, 5.74) is -2.23. The molecule has 0 fully saturated rings. The van der Waals surface area contributed by atoms with Crippen molar-refractivity contribution in [1.29, 1.82) is 0 Å². The van der Waals surface area contributed by atoms with Gasteiger partial charge in [-0.15, -0.1) is 45.3 Å². The third-order valence-electron chi connectivity index (χ3n) is 7.55. The van der Waals surface area contributed by atoms with Crippen molar-refractivity contribution in [3.8, 4) is 19.8 Å². The van der Waals surface area contributed by atoms with Crippen LogP contribution in [0.4, 0.5) is 43.9 Å². The largest absolute Gasteiger partial charge is 0.286 e. The lowest BCUT2D eigenvalue weighted by Crippen LogP contribution is -2.13. The molecule has 0 saturated heterocycles. The van der Waals surface area contributed by atoms with Gasteiger partial charge in [0.2, 0.25) is 23.2 Å². The highest BCUT2D eigenvalue weighted by atomic mass is 32.1. The topological polar surface area (TPSA) is 85.7 Å². The van der Waals surface area contributed by atoms with Crippen LogP contribution in [0, 0.1) is 58.2 Å². The van der Waals surface area contributed by atoms with E-state index in [2.05, 4.69) is 19.9 Å². The van der Waals surface area contributed by atoms with E-state index in [-0.39, 0.29) is 9.75 Å². The molecule has 8 rings (SSSR count). The van der Waals surface area contributed by atoms with Gasteiger partial charge >= 0.3 is 0 Å². The van der Waals surface area contributed by atoms with Crippen molar-refractivity contribution >= 4 is 88.1 Å². The molecule has 0 unspecified atom stereocenters. The minimum absolute atomic E-state index is 0.285. The number of hydrogen-bond donors (Lipinski definition) is 0. The number of hydrogen-bond acceptors (Lipinski definition) is 10. The smallest absolute Gasteiger partial charge is 0.227 e. The summed E-state index contributed by atoms with van der Waals surface area (Å²) in [6.45, 7) is 0. The first-order valence-electron chi connectivity index (χ1n) is 13.9. The monoisotopic (exact) mass is 796 g/mol. The zero-order chi connectivity index (χ0) is 36.9. The van der Waals surface area contributed by atoms with E-state index in [1.807, 2.05) is 0 Å². The van der Waals surface area contributed by atoms with Gasteiger partial charge in [-0.05, 0) is 35.0 Å². The summed E-state index contributed by atoms with van der Waals surface area (Å²) >= 11 is 3.63. The van der Waals surface area contributed by atoms with E-state index in [1.165, 1.54) is 35.1 Å². The molecular formula is C32H6F10N4O2S4. The molecule has 6 nitrogen and oxygen atoms in total. The predicted octanol–water partition coefficient (Wildman–Crippen LogP) is 10.2. The Morgan fingerprint density at radius 1 is 0.442 bits per heavy atom. The minimum atomic E-state index is -2.40. The van der Waals surface area contributed by atoms with Crippen molar-refractivity contribution in [2.45, 2.75) is 0 Å². The number of aromatic nitrogens is 4.